The Morgan fingerprint density at radius 1 is 1.04 bits per heavy atom. The van der Waals surface area contributed by atoms with Crippen LogP contribution in [0.1, 0.15) is 40.0 Å². The van der Waals surface area contributed by atoms with Crippen LogP contribution in [-0.4, -0.2) is 17.7 Å². The molecule has 4 rings (SSSR count). The number of benzene rings is 1. The summed E-state index contributed by atoms with van der Waals surface area (Å²) >= 11 is 0. The van der Waals surface area contributed by atoms with Gasteiger partial charge in [-0.15, -0.1) is 0 Å². The van der Waals surface area contributed by atoms with E-state index in [1.54, 1.807) is 0 Å². The van der Waals surface area contributed by atoms with Crippen LogP contribution in [0.25, 0.3) is 10.9 Å². The zero-order valence-electron chi connectivity index (χ0n) is 16.8. The Labute approximate surface area is 164 Å². The minimum absolute atomic E-state index is 0.151. The number of aromatic nitrogens is 1. The second-order valence-corrected chi connectivity index (χ2v) is 9.35. The van der Waals surface area contributed by atoms with Gasteiger partial charge in [0.05, 0.1) is 0 Å². The number of aryl methyl sites for hydroxylation is 1. The number of hydrogen-bond acceptors (Lipinski definition) is 3. The quantitative estimate of drug-likeness (QED) is 0.620. The first-order chi connectivity index (χ1) is 13.0. The first-order valence-corrected chi connectivity index (χ1v) is 9.61. The molecule has 1 saturated heterocycles. The highest BCUT2D eigenvalue weighted by atomic mass is 16.2. The fourth-order valence-corrected chi connectivity index (χ4v) is 5.42. The van der Waals surface area contributed by atoms with Gasteiger partial charge in [-0.1, -0.05) is 32.9 Å². The molecule has 2 N–H and O–H groups in total. The van der Waals surface area contributed by atoms with Crippen LogP contribution in [0.5, 0.6) is 0 Å². The molecule has 2 unspecified atom stereocenters. The number of hydrogen-bond donors (Lipinski definition) is 2. The molecule has 2 aliphatic rings. The molecular weight excluding hydrogens is 354 g/mol. The summed E-state index contributed by atoms with van der Waals surface area (Å²) in [7, 11) is 1.94. The van der Waals surface area contributed by atoms with Crippen molar-refractivity contribution in [3.8, 4) is 0 Å². The fourth-order valence-electron chi connectivity index (χ4n) is 5.42. The lowest BCUT2D eigenvalue weighted by molar-refractivity contribution is -0.644. The number of fused-ring (bicyclic) bond motifs is 3. The van der Waals surface area contributed by atoms with Gasteiger partial charge in [-0.3, -0.25) is 19.7 Å². The van der Waals surface area contributed by atoms with E-state index in [0.717, 1.165) is 10.9 Å². The number of para-hydroxylation sites is 1. The summed E-state index contributed by atoms with van der Waals surface area (Å²) in [6.07, 6.45) is 3.20. The van der Waals surface area contributed by atoms with Crippen molar-refractivity contribution in [3.05, 3.63) is 36.5 Å². The standard InChI is InChI=1S/C22H25N3O3/c1-20(11-21(2)13-22(3,12-20)19(28)24-18(21)27)17(26)23-15-9-14-7-5-6-8-16(14)25(4)10-15/h5-10H,11-13H2,1-4H3,(H-,23,24,26,27,28)/p+1. The Kier molecular flexibility index (Phi) is 3.90. The van der Waals surface area contributed by atoms with Crippen LogP contribution in [0.3, 0.4) is 0 Å². The van der Waals surface area contributed by atoms with Gasteiger partial charge in [0, 0.05) is 27.7 Å². The number of carbonyl (C=O) groups is 3. The maximum Gasteiger partial charge on any atom is 0.232 e. The van der Waals surface area contributed by atoms with E-state index in [1.807, 2.05) is 68.9 Å². The number of nitrogens with zero attached hydrogens (tertiary/aromatic N) is 1. The lowest BCUT2D eigenvalue weighted by atomic mass is 9.52. The topological polar surface area (TPSA) is 79.2 Å². The molecule has 6 heteroatoms. The van der Waals surface area contributed by atoms with E-state index in [9.17, 15) is 14.4 Å². The maximum atomic E-state index is 13.3. The third kappa shape index (κ3) is 2.79. The molecule has 0 spiro atoms. The van der Waals surface area contributed by atoms with Crippen LogP contribution in [0.15, 0.2) is 36.5 Å². The van der Waals surface area contributed by atoms with Gasteiger partial charge in [0.15, 0.2) is 6.20 Å². The number of imide groups is 1. The molecule has 2 heterocycles. The Morgan fingerprint density at radius 2 is 1.64 bits per heavy atom. The molecule has 3 amide bonds. The van der Waals surface area contributed by atoms with Gasteiger partial charge < -0.3 is 5.32 Å². The number of nitrogens with one attached hydrogen (secondary N) is 2. The second-order valence-electron chi connectivity index (χ2n) is 9.35. The Balaban J connectivity index is 1.66. The molecule has 1 aromatic carbocycles. The van der Waals surface area contributed by atoms with E-state index < -0.39 is 16.2 Å². The zero-order valence-corrected chi connectivity index (χ0v) is 16.8. The summed E-state index contributed by atoms with van der Waals surface area (Å²) in [6.45, 7) is 5.58. The van der Waals surface area contributed by atoms with Crippen molar-refractivity contribution < 1.29 is 19.0 Å². The smallest absolute Gasteiger partial charge is 0.232 e. The summed E-state index contributed by atoms with van der Waals surface area (Å²) in [5.74, 6) is -0.695. The molecule has 2 fully saturated rings. The predicted octanol–water partition coefficient (Wildman–Crippen LogP) is 2.46. The Hall–Kier alpha value is -2.76. The molecule has 1 aromatic heterocycles. The van der Waals surface area contributed by atoms with Crippen LogP contribution < -0.4 is 15.2 Å². The van der Waals surface area contributed by atoms with E-state index in [2.05, 4.69) is 10.6 Å². The molecule has 2 atom stereocenters. The molecule has 1 saturated carbocycles. The van der Waals surface area contributed by atoms with Crippen LogP contribution in [0.2, 0.25) is 0 Å². The van der Waals surface area contributed by atoms with Crippen LogP contribution in [0, 0.1) is 16.2 Å². The fraction of sp³-hybridized carbons (Fsp3) is 0.455. The number of pyridine rings is 1. The molecular formula is C22H26N3O3+. The average Bonchev–Trinajstić information content (AvgIpc) is 2.59. The van der Waals surface area contributed by atoms with Crippen molar-refractivity contribution in [1.82, 2.24) is 5.32 Å². The monoisotopic (exact) mass is 380 g/mol. The third-order valence-corrected chi connectivity index (χ3v) is 6.43. The molecule has 0 radical (unpaired) electrons. The highest BCUT2D eigenvalue weighted by molar-refractivity contribution is 6.05. The van der Waals surface area contributed by atoms with Crippen molar-refractivity contribution in [3.63, 3.8) is 0 Å². The van der Waals surface area contributed by atoms with E-state index in [-0.39, 0.29) is 17.7 Å². The zero-order chi connectivity index (χ0) is 20.3. The highest BCUT2D eigenvalue weighted by Gasteiger charge is 2.60. The van der Waals surface area contributed by atoms with Gasteiger partial charge in [0.2, 0.25) is 23.2 Å². The minimum atomic E-state index is -0.806. The molecule has 6 nitrogen and oxygen atoms in total. The lowest BCUT2D eigenvalue weighted by Crippen LogP contribution is -2.63. The Morgan fingerprint density at radius 3 is 2.29 bits per heavy atom. The van der Waals surface area contributed by atoms with E-state index in [1.165, 1.54) is 0 Å². The number of amides is 3. The first-order valence-electron chi connectivity index (χ1n) is 9.61. The normalized spacial score (nSPS) is 32.1. The molecule has 28 heavy (non-hydrogen) atoms. The van der Waals surface area contributed by atoms with E-state index in [0.29, 0.717) is 24.9 Å². The van der Waals surface area contributed by atoms with Gasteiger partial charge in [0.25, 0.3) is 0 Å². The maximum absolute atomic E-state index is 13.3. The molecule has 1 aliphatic carbocycles. The van der Waals surface area contributed by atoms with Gasteiger partial charge >= 0.3 is 0 Å². The summed E-state index contributed by atoms with van der Waals surface area (Å²) in [5, 5.41) is 6.57. The van der Waals surface area contributed by atoms with Gasteiger partial charge in [-0.25, -0.2) is 0 Å². The summed E-state index contributed by atoms with van der Waals surface area (Å²) in [6, 6.07) is 9.91. The molecule has 146 valence electrons. The summed E-state index contributed by atoms with van der Waals surface area (Å²) in [5.41, 5.74) is -0.475. The van der Waals surface area contributed by atoms with E-state index >= 15 is 0 Å². The minimum Gasteiger partial charge on any atom is -0.321 e. The SMILES string of the molecule is C[n+]1cc(NC(=O)C2(C)CC3(C)CC(C)(C2)C(=O)NC3=O)cc2ccccc21. The number of piperidine rings is 1. The van der Waals surface area contributed by atoms with Crippen LogP contribution in [-0.2, 0) is 21.4 Å². The molecule has 2 bridgehead atoms. The first kappa shape index (κ1) is 18.6. The van der Waals surface area contributed by atoms with Crippen LogP contribution in [0.4, 0.5) is 5.69 Å². The predicted molar refractivity (Wildman–Crippen MR) is 105 cm³/mol. The van der Waals surface area contributed by atoms with Gasteiger partial charge in [-0.2, -0.15) is 4.57 Å². The van der Waals surface area contributed by atoms with Crippen LogP contribution >= 0.6 is 0 Å². The van der Waals surface area contributed by atoms with Crippen molar-refractivity contribution in [2.24, 2.45) is 23.3 Å². The summed E-state index contributed by atoms with van der Waals surface area (Å²) in [4.78, 5) is 38.2. The lowest BCUT2D eigenvalue weighted by Gasteiger charge is -2.53. The second kappa shape index (κ2) is 5.87. The van der Waals surface area contributed by atoms with Crippen molar-refractivity contribution in [2.75, 3.05) is 5.32 Å². The van der Waals surface area contributed by atoms with Crippen molar-refractivity contribution in [1.29, 1.82) is 0 Å². The summed E-state index contributed by atoms with van der Waals surface area (Å²) < 4.78 is 1.97. The number of anilines is 1. The van der Waals surface area contributed by atoms with Gasteiger partial charge in [0.1, 0.15) is 12.7 Å². The van der Waals surface area contributed by atoms with Gasteiger partial charge in [-0.05, 0) is 31.4 Å². The van der Waals surface area contributed by atoms with E-state index in [4.69, 9.17) is 0 Å². The van der Waals surface area contributed by atoms with Crippen molar-refractivity contribution in [2.45, 2.75) is 40.0 Å². The third-order valence-electron chi connectivity index (χ3n) is 6.43. The molecule has 1 aliphatic heterocycles. The Bertz CT molecular complexity index is 1000. The number of carbonyl (C=O) groups excluding carboxylic acids is 3. The van der Waals surface area contributed by atoms with Crippen molar-refractivity contribution >= 4 is 34.3 Å². The number of rotatable bonds is 2. The molecule has 2 aromatic rings. The highest BCUT2D eigenvalue weighted by Crippen LogP contribution is 2.56. The average molecular weight is 380 g/mol. The largest absolute Gasteiger partial charge is 0.321 e.